The lowest BCUT2D eigenvalue weighted by Crippen LogP contribution is -2.47. The molecule has 12 heteroatoms. The number of nitrogens with zero attached hydrogens (tertiary/aromatic N) is 12. The molecule has 416 valence electrons. The number of likely N-dealkylation sites (tertiary alicyclic amines) is 4. The molecule has 0 spiro atoms. The summed E-state index contributed by atoms with van der Waals surface area (Å²) in [7, 11) is 0. The van der Waals surface area contributed by atoms with Crippen molar-refractivity contribution in [2.45, 2.75) is 240 Å². The van der Waals surface area contributed by atoms with E-state index in [1.54, 1.807) is 0 Å². The van der Waals surface area contributed by atoms with Gasteiger partial charge in [0.05, 0.1) is 48.1 Å². The standard InChI is InChI=1S/4C14H25N3.4CH4/c4*1-12-8-16(11-15-12)9-13-6-5-7-17(10-13)14(2,3)4;;;;/h4*8,11,13H,5-7,9-10H2,1-4H3;4*1H4/t4*13-;;;;/m1100..../s1. The van der Waals surface area contributed by atoms with Crippen LogP contribution in [-0.2, 0) is 26.2 Å². The SMILES string of the molecule is C.C.C.C.Cc1cn(C[C@@H]2CCCN(C(C)(C)C)C2)cn1.Cc1cn(C[C@@H]2CCCN(C(C)(C)C)C2)cn1.Cc1cn(C[C@H]2CCCN(C(C)(C)C)C2)cn1.Cc1cn(C[C@H]2CCCN(C(C)(C)C)C2)cn1. The average Bonchev–Trinajstić information content (AvgIpc) is 4.07. The molecule has 0 unspecified atom stereocenters. The molecule has 4 saturated heterocycles. The van der Waals surface area contributed by atoms with Gasteiger partial charge in [0.15, 0.2) is 0 Å². The minimum absolute atomic E-state index is 0. The van der Waals surface area contributed by atoms with Crippen LogP contribution in [0.5, 0.6) is 0 Å². The van der Waals surface area contributed by atoms with Crippen LogP contribution >= 0.6 is 0 Å². The largest absolute Gasteiger partial charge is 0.337 e. The van der Waals surface area contributed by atoms with Crippen molar-refractivity contribution in [2.24, 2.45) is 23.7 Å². The maximum atomic E-state index is 4.30. The van der Waals surface area contributed by atoms with E-state index >= 15 is 0 Å². The second-order valence-electron chi connectivity index (χ2n) is 25.3. The van der Waals surface area contributed by atoms with Crippen LogP contribution in [0.15, 0.2) is 50.1 Å². The molecule has 0 amide bonds. The molecule has 4 atom stereocenters. The summed E-state index contributed by atoms with van der Waals surface area (Å²) in [5.74, 6) is 3.10. The summed E-state index contributed by atoms with van der Waals surface area (Å²) in [4.78, 5) is 27.7. The van der Waals surface area contributed by atoms with Gasteiger partial charge in [-0.15, -0.1) is 0 Å². The lowest BCUT2D eigenvalue weighted by Gasteiger charge is -2.41. The van der Waals surface area contributed by atoms with Gasteiger partial charge in [0, 0.05) is 99.3 Å². The maximum absolute atomic E-state index is 4.30. The summed E-state index contributed by atoms with van der Waals surface area (Å²) < 4.78 is 8.97. The van der Waals surface area contributed by atoms with Crippen molar-refractivity contribution < 1.29 is 0 Å². The topological polar surface area (TPSA) is 84.2 Å². The first kappa shape index (κ1) is 66.7. The summed E-state index contributed by atoms with van der Waals surface area (Å²) in [5, 5.41) is 0. The van der Waals surface area contributed by atoms with E-state index in [1.165, 1.54) is 104 Å². The summed E-state index contributed by atoms with van der Waals surface area (Å²) in [5.41, 5.74) is 5.71. The molecule has 0 N–H and O–H groups in total. The minimum atomic E-state index is 0. The van der Waals surface area contributed by atoms with Crippen LogP contribution < -0.4 is 0 Å². The number of rotatable bonds is 8. The van der Waals surface area contributed by atoms with Gasteiger partial charge in [-0.3, -0.25) is 19.6 Å². The fourth-order valence-corrected chi connectivity index (χ4v) is 10.8. The Morgan fingerprint density at radius 1 is 0.347 bits per heavy atom. The summed E-state index contributed by atoms with van der Waals surface area (Å²) in [6, 6.07) is 0. The average molecular weight is 1010 g/mol. The first-order chi connectivity index (χ1) is 31.8. The molecule has 4 fully saturated rings. The van der Waals surface area contributed by atoms with Crippen molar-refractivity contribution >= 4 is 0 Å². The third-order valence-electron chi connectivity index (χ3n) is 14.8. The van der Waals surface area contributed by atoms with Crippen LogP contribution in [0.3, 0.4) is 0 Å². The van der Waals surface area contributed by atoms with E-state index in [4.69, 9.17) is 0 Å². The van der Waals surface area contributed by atoms with Gasteiger partial charge in [-0.2, -0.15) is 0 Å². The van der Waals surface area contributed by atoms with Crippen LogP contribution in [0.1, 0.15) is 187 Å². The fraction of sp³-hybridized carbons (Fsp3) is 0.800. The van der Waals surface area contributed by atoms with E-state index in [0.717, 1.165) is 72.6 Å². The Labute approximate surface area is 445 Å². The molecule has 0 saturated carbocycles. The van der Waals surface area contributed by atoms with E-state index < -0.39 is 0 Å². The van der Waals surface area contributed by atoms with Crippen molar-refractivity contribution in [3.8, 4) is 0 Å². The van der Waals surface area contributed by atoms with Crippen LogP contribution in [0.2, 0.25) is 0 Å². The quantitative estimate of drug-likeness (QED) is 0.173. The molecule has 12 nitrogen and oxygen atoms in total. The molecule has 0 bridgehead atoms. The molecule has 0 aliphatic carbocycles. The van der Waals surface area contributed by atoms with E-state index in [9.17, 15) is 0 Å². The normalized spacial score (nSPS) is 21.7. The number of hydrogen-bond acceptors (Lipinski definition) is 8. The Morgan fingerprint density at radius 3 is 0.667 bits per heavy atom. The summed E-state index contributed by atoms with van der Waals surface area (Å²) >= 11 is 0. The predicted octanol–water partition coefficient (Wildman–Crippen LogP) is 13.4. The van der Waals surface area contributed by atoms with Gasteiger partial charge in [-0.1, -0.05) is 29.7 Å². The molecule has 0 aromatic carbocycles. The predicted molar refractivity (Wildman–Crippen MR) is 311 cm³/mol. The summed E-state index contributed by atoms with van der Waals surface area (Å²) in [6.45, 7) is 50.4. The fourth-order valence-electron chi connectivity index (χ4n) is 10.8. The number of imidazole rings is 4. The maximum Gasteiger partial charge on any atom is 0.0949 e. The minimum Gasteiger partial charge on any atom is -0.337 e. The van der Waals surface area contributed by atoms with Crippen molar-refractivity contribution in [1.82, 2.24) is 57.8 Å². The molecule has 0 radical (unpaired) electrons. The number of aromatic nitrogens is 8. The zero-order valence-corrected chi connectivity index (χ0v) is 46.4. The van der Waals surface area contributed by atoms with Crippen molar-refractivity contribution in [3.63, 3.8) is 0 Å². The molecular formula is C60H116N12. The number of hydrogen-bond donors (Lipinski definition) is 0. The molecular weight excluding hydrogens is 889 g/mol. The molecule has 4 aromatic heterocycles. The highest BCUT2D eigenvalue weighted by molar-refractivity contribution is 4.96. The second-order valence-corrected chi connectivity index (χ2v) is 25.3. The molecule has 4 aromatic rings. The van der Waals surface area contributed by atoms with Gasteiger partial charge in [0.2, 0.25) is 0 Å². The molecule has 8 heterocycles. The smallest absolute Gasteiger partial charge is 0.0949 e. The van der Waals surface area contributed by atoms with Crippen LogP contribution in [0.25, 0.3) is 0 Å². The van der Waals surface area contributed by atoms with Crippen LogP contribution in [-0.4, -0.2) is 132 Å². The van der Waals surface area contributed by atoms with Crippen LogP contribution in [0, 0.1) is 51.4 Å². The lowest BCUT2D eigenvalue weighted by atomic mass is 9.93. The second kappa shape index (κ2) is 29.7. The first-order valence-electron chi connectivity index (χ1n) is 26.7. The Bertz CT molecular complexity index is 1740. The zero-order valence-electron chi connectivity index (χ0n) is 46.4. The Hall–Kier alpha value is -3.32. The van der Waals surface area contributed by atoms with Crippen molar-refractivity contribution in [2.75, 3.05) is 52.4 Å². The molecule has 4 aliphatic heterocycles. The van der Waals surface area contributed by atoms with E-state index in [2.05, 4.69) is 193 Å². The molecule has 72 heavy (non-hydrogen) atoms. The third kappa shape index (κ3) is 22.7. The van der Waals surface area contributed by atoms with Gasteiger partial charge in [-0.25, -0.2) is 19.9 Å². The van der Waals surface area contributed by atoms with Gasteiger partial charge in [0.1, 0.15) is 0 Å². The van der Waals surface area contributed by atoms with Crippen LogP contribution in [0.4, 0.5) is 0 Å². The van der Waals surface area contributed by atoms with Gasteiger partial charge < -0.3 is 18.3 Å². The van der Waals surface area contributed by atoms with Gasteiger partial charge >= 0.3 is 0 Å². The van der Waals surface area contributed by atoms with E-state index in [1.807, 2.05) is 25.3 Å². The Kier molecular flexibility index (Phi) is 27.5. The molecule has 8 rings (SSSR count). The van der Waals surface area contributed by atoms with E-state index in [-0.39, 0.29) is 29.7 Å². The lowest BCUT2D eigenvalue weighted by molar-refractivity contribution is 0.0733. The highest BCUT2D eigenvalue weighted by atomic mass is 15.2. The molecule has 4 aliphatic rings. The van der Waals surface area contributed by atoms with Gasteiger partial charge in [0.25, 0.3) is 0 Å². The summed E-state index contributed by atoms with van der Waals surface area (Å²) in [6.07, 6.45) is 27.2. The highest BCUT2D eigenvalue weighted by Crippen LogP contribution is 2.28. The van der Waals surface area contributed by atoms with Crippen molar-refractivity contribution in [3.05, 3.63) is 72.9 Å². The Morgan fingerprint density at radius 2 is 0.528 bits per heavy atom. The highest BCUT2D eigenvalue weighted by Gasteiger charge is 2.31. The zero-order chi connectivity index (χ0) is 49.9. The number of piperidine rings is 4. The van der Waals surface area contributed by atoms with Crippen molar-refractivity contribution in [1.29, 1.82) is 0 Å². The third-order valence-corrected chi connectivity index (χ3v) is 14.8. The van der Waals surface area contributed by atoms with E-state index in [0.29, 0.717) is 22.2 Å². The Balaban J connectivity index is 0.000000471. The van der Waals surface area contributed by atoms with Gasteiger partial charge in [-0.05, 0) is 212 Å². The first-order valence-corrected chi connectivity index (χ1v) is 26.7. The monoisotopic (exact) mass is 1000 g/mol. The number of aryl methyl sites for hydroxylation is 4.